The first kappa shape index (κ1) is 12.3. The molecule has 0 spiro atoms. The molecule has 0 amide bonds. The molecule has 0 aliphatic heterocycles. The van der Waals surface area contributed by atoms with Gasteiger partial charge in [0.25, 0.3) is 0 Å². The van der Waals surface area contributed by atoms with Crippen LogP contribution in [-0.2, 0) is 18.2 Å². The minimum absolute atomic E-state index is 1.06. The van der Waals surface area contributed by atoms with Gasteiger partial charge < -0.3 is 4.89 Å². The van der Waals surface area contributed by atoms with Crippen LogP contribution in [0.15, 0.2) is 18.7 Å². The molecule has 0 aliphatic rings. The summed E-state index contributed by atoms with van der Waals surface area (Å²) in [6.45, 7) is 3.18. The molecule has 1 heterocycles. The van der Waals surface area contributed by atoms with Crippen molar-refractivity contribution in [3.8, 4) is 0 Å². The Hall–Kier alpha value is -0.740. The van der Waals surface area contributed by atoms with Crippen LogP contribution in [0.3, 0.4) is 0 Å². The minimum atomic E-state index is -5.89. The highest BCUT2D eigenvalue weighted by Crippen LogP contribution is 2.37. The second-order valence-electron chi connectivity index (χ2n) is 2.32. The van der Waals surface area contributed by atoms with Crippen molar-refractivity contribution in [3.63, 3.8) is 0 Å². The Morgan fingerprint density at radius 1 is 1.62 bits per heavy atom. The molecule has 0 aliphatic carbocycles. The van der Waals surface area contributed by atoms with E-state index in [2.05, 4.69) is 24.0 Å². The van der Waals surface area contributed by atoms with Gasteiger partial charge in [0, 0.05) is 0 Å². The van der Waals surface area contributed by atoms with Crippen molar-refractivity contribution in [3.05, 3.63) is 18.7 Å². The van der Waals surface area contributed by atoms with Crippen LogP contribution in [0.25, 0.3) is 0 Å². The second-order valence-corrected chi connectivity index (χ2v) is 3.15. The van der Waals surface area contributed by atoms with E-state index in [9.17, 15) is 8.39 Å². The molecule has 0 radical (unpaired) electrons. The van der Waals surface area contributed by atoms with Crippen molar-refractivity contribution in [2.75, 3.05) is 0 Å². The van der Waals surface area contributed by atoms with Gasteiger partial charge >= 0.3 is 7.99 Å². The van der Waals surface area contributed by atoms with Gasteiger partial charge in [-0.05, 0) is 6.92 Å². The molecular weight excluding hydrogens is 201 g/mol. The van der Waals surface area contributed by atoms with Crippen molar-refractivity contribution in [2.45, 2.75) is 13.5 Å². The van der Waals surface area contributed by atoms with Crippen LogP contribution >= 0.6 is 7.99 Å². The lowest BCUT2D eigenvalue weighted by molar-refractivity contribution is -0.671. The zero-order chi connectivity index (χ0) is 10.5. The summed E-state index contributed by atoms with van der Waals surface area (Å²) in [6, 6.07) is 0. The third-order valence-electron chi connectivity index (χ3n) is 1.19. The molecular formula is C6H11F2N2O2P. The highest BCUT2D eigenvalue weighted by atomic mass is 31.2. The molecule has 0 N–H and O–H groups in total. The average molecular weight is 212 g/mol. The predicted molar refractivity (Wildman–Crippen MR) is 41.1 cm³/mol. The standard InChI is InChI=1S/C6H11N2.F2HO2P/c1-3-8-5-4-7(2)6-8;1-5(2,3)4/h4-6H,3H2,1-2H3;(H,3,4)/q+1;/p-1. The van der Waals surface area contributed by atoms with Crippen LogP contribution in [0.2, 0.25) is 0 Å². The number of hydrogen-bond donors (Lipinski definition) is 0. The molecule has 76 valence electrons. The van der Waals surface area contributed by atoms with Gasteiger partial charge in [-0.1, -0.05) is 0 Å². The fourth-order valence-electron chi connectivity index (χ4n) is 0.689. The van der Waals surface area contributed by atoms with Crippen LogP contribution < -0.4 is 9.46 Å². The Labute approximate surface area is 75.1 Å². The summed E-state index contributed by atoms with van der Waals surface area (Å²) in [6.07, 6.45) is 6.14. The number of imidazole rings is 1. The molecule has 0 atom stereocenters. The number of hydrogen-bond acceptors (Lipinski definition) is 2. The Kier molecular flexibility index (Phi) is 4.80. The third kappa shape index (κ3) is 9.17. The lowest BCUT2D eigenvalue weighted by Gasteiger charge is -1.93. The lowest BCUT2D eigenvalue weighted by Crippen LogP contribution is -2.23. The predicted octanol–water partition coefficient (Wildman–Crippen LogP) is 0.726. The van der Waals surface area contributed by atoms with E-state index < -0.39 is 7.99 Å². The Morgan fingerprint density at radius 2 is 2.08 bits per heavy atom. The van der Waals surface area contributed by atoms with E-state index in [-0.39, 0.29) is 0 Å². The first-order valence-electron chi connectivity index (χ1n) is 3.54. The van der Waals surface area contributed by atoms with Crippen molar-refractivity contribution in [1.82, 2.24) is 4.57 Å². The molecule has 13 heavy (non-hydrogen) atoms. The van der Waals surface area contributed by atoms with Crippen LogP contribution in [0.1, 0.15) is 6.92 Å². The molecule has 1 aromatic rings. The van der Waals surface area contributed by atoms with Crippen LogP contribution in [0.4, 0.5) is 8.39 Å². The van der Waals surface area contributed by atoms with Gasteiger partial charge in [0.15, 0.2) is 0 Å². The maximum Gasteiger partial charge on any atom is 0.345 e. The monoisotopic (exact) mass is 212 g/mol. The van der Waals surface area contributed by atoms with E-state index in [1.54, 1.807) is 0 Å². The molecule has 4 nitrogen and oxygen atoms in total. The Morgan fingerprint density at radius 3 is 2.23 bits per heavy atom. The molecule has 0 saturated carbocycles. The zero-order valence-corrected chi connectivity index (χ0v) is 8.25. The van der Waals surface area contributed by atoms with E-state index >= 15 is 0 Å². The summed E-state index contributed by atoms with van der Waals surface area (Å²) in [5.74, 6) is 0. The van der Waals surface area contributed by atoms with E-state index in [4.69, 9.17) is 9.46 Å². The third-order valence-corrected chi connectivity index (χ3v) is 1.19. The molecule has 0 unspecified atom stereocenters. The fraction of sp³-hybridized carbons (Fsp3) is 0.500. The number of aromatic nitrogens is 2. The maximum atomic E-state index is 10.0. The van der Waals surface area contributed by atoms with E-state index in [0.29, 0.717) is 0 Å². The van der Waals surface area contributed by atoms with E-state index in [1.165, 1.54) is 0 Å². The van der Waals surface area contributed by atoms with Crippen LogP contribution in [0.5, 0.6) is 0 Å². The lowest BCUT2D eigenvalue weighted by atomic mass is 10.7. The van der Waals surface area contributed by atoms with Gasteiger partial charge in [0.2, 0.25) is 6.33 Å². The minimum Gasteiger partial charge on any atom is -0.749 e. The number of nitrogens with zero attached hydrogens (tertiary/aromatic N) is 2. The summed E-state index contributed by atoms with van der Waals surface area (Å²) in [4.78, 5) is 8.33. The highest BCUT2D eigenvalue weighted by Gasteiger charge is 1.92. The van der Waals surface area contributed by atoms with Crippen LogP contribution in [-0.4, -0.2) is 4.57 Å². The van der Waals surface area contributed by atoms with Gasteiger partial charge in [-0.15, -0.1) is 0 Å². The topological polar surface area (TPSA) is 48.9 Å². The summed E-state index contributed by atoms with van der Waals surface area (Å²) >= 11 is 0. The molecule has 0 aromatic carbocycles. The van der Waals surface area contributed by atoms with Crippen molar-refractivity contribution >= 4 is 7.99 Å². The summed E-state index contributed by atoms with van der Waals surface area (Å²) in [7, 11) is -3.87. The van der Waals surface area contributed by atoms with E-state index in [1.807, 2.05) is 17.8 Å². The van der Waals surface area contributed by atoms with Crippen molar-refractivity contribution in [2.24, 2.45) is 7.05 Å². The summed E-state index contributed by atoms with van der Waals surface area (Å²) in [5.41, 5.74) is 0. The van der Waals surface area contributed by atoms with Gasteiger partial charge in [-0.2, -0.15) is 8.39 Å². The Bertz CT molecular complexity index is 288. The number of aryl methyl sites for hydroxylation is 2. The largest absolute Gasteiger partial charge is 0.749 e. The van der Waals surface area contributed by atoms with Crippen molar-refractivity contribution in [1.29, 1.82) is 0 Å². The highest BCUT2D eigenvalue weighted by molar-refractivity contribution is 7.44. The smallest absolute Gasteiger partial charge is 0.345 e. The first-order chi connectivity index (χ1) is 5.83. The van der Waals surface area contributed by atoms with Gasteiger partial charge in [0.05, 0.1) is 13.6 Å². The molecule has 0 fully saturated rings. The summed E-state index contributed by atoms with van der Waals surface area (Å²) < 4.78 is 32.5. The molecule has 1 rings (SSSR count). The maximum absolute atomic E-state index is 10.0. The Balaban J connectivity index is 0.000000252. The molecule has 0 bridgehead atoms. The van der Waals surface area contributed by atoms with Gasteiger partial charge in [-0.3, -0.25) is 4.57 Å². The number of halogens is 2. The quantitative estimate of drug-likeness (QED) is 0.508. The van der Waals surface area contributed by atoms with Gasteiger partial charge in [0.1, 0.15) is 12.4 Å². The molecule has 7 heteroatoms. The molecule has 0 saturated heterocycles. The normalized spacial score (nSPS) is 10.5. The molecule has 1 aromatic heterocycles. The summed E-state index contributed by atoms with van der Waals surface area (Å²) in [5, 5.41) is 0. The fourth-order valence-corrected chi connectivity index (χ4v) is 0.689. The van der Waals surface area contributed by atoms with Gasteiger partial charge in [-0.25, -0.2) is 9.13 Å². The second kappa shape index (κ2) is 5.09. The number of rotatable bonds is 1. The van der Waals surface area contributed by atoms with Crippen molar-refractivity contribution < 1.29 is 22.4 Å². The first-order valence-corrected chi connectivity index (χ1v) is 4.95. The van der Waals surface area contributed by atoms with Crippen LogP contribution in [0, 0.1) is 0 Å². The SMILES string of the molecule is CCn1cc[n+](C)c1.O=P([O-])(F)F. The average Bonchev–Trinajstić information content (AvgIpc) is 2.31. The van der Waals surface area contributed by atoms with E-state index in [0.717, 1.165) is 6.54 Å². The zero-order valence-electron chi connectivity index (χ0n) is 7.35.